The molecule has 0 atom stereocenters. The first-order valence-electron chi connectivity index (χ1n) is 7.73. The highest BCUT2D eigenvalue weighted by Gasteiger charge is 1.92. The molecule has 0 saturated carbocycles. The van der Waals surface area contributed by atoms with Crippen LogP contribution in [-0.4, -0.2) is 24.8 Å². The number of nitrogens with one attached hydrogen (secondary N) is 1. The second-order valence-electron chi connectivity index (χ2n) is 5.01. The van der Waals surface area contributed by atoms with Gasteiger partial charge in [0.1, 0.15) is 0 Å². The maximum absolute atomic E-state index is 8.64. The Kier molecular flexibility index (Phi) is 15.8. The van der Waals surface area contributed by atoms with E-state index in [0.29, 0.717) is 6.61 Å². The molecule has 0 heterocycles. The van der Waals surface area contributed by atoms with Crippen LogP contribution >= 0.6 is 0 Å². The largest absolute Gasteiger partial charge is 0.396 e. The first-order valence-corrected chi connectivity index (χ1v) is 7.73. The summed E-state index contributed by atoms with van der Waals surface area (Å²) >= 11 is 0. The molecule has 0 aliphatic heterocycles. The summed E-state index contributed by atoms with van der Waals surface area (Å²) in [4.78, 5) is 0. The average Bonchev–Trinajstić information content (AvgIpc) is 2.35. The maximum atomic E-state index is 8.64. The summed E-state index contributed by atoms with van der Waals surface area (Å²) in [6.07, 6.45) is 14.3. The van der Waals surface area contributed by atoms with E-state index in [-0.39, 0.29) is 0 Å². The summed E-state index contributed by atoms with van der Waals surface area (Å²) in [5, 5.41) is 12.2. The number of unbranched alkanes of at least 4 members (excludes halogenated alkanes) is 9. The Morgan fingerprint density at radius 1 is 0.647 bits per heavy atom. The molecule has 0 aromatic heterocycles. The SMILES string of the molecule is CCCCCCNCCCCCCCCCO. The third-order valence-corrected chi connectivity index (χ3v) is 3.22. The van der Waals surface area contributed by atoms with Crippen LogP contribution in [-0.2, 0) is 0 Å². The molecule has 0 aromatic carbocycles. The first-order chi connectivity index (χ1) is 8.41. The molecule has 2 nitrogen and oxygen atoms in total. The Hall–Kier alpha value is -0.0800. The van der Waals surface area contributed by atoms with Crippen molar-refractivity contribution in [2.24, 2.45) is 0 Å². The zero-order chi connectivity index (χ0) is 12.6. The van der Waals surface area contributed by atoms with Gasteiger partial charge in [0.05, 0.1) is 0 Å². The van der Waals surface area contributed by atoms with Gasteiger partial charge in [-0.2, -0.15) is 0 Å². The lowest BCUT2D eigenvalue weighted by atomic mass is 10.1. The Balaban J connectivity index is 2.85. The monoisotopic (exact) mass is 243 g/mol. The lowest BCUT2D eigenvalue weighted by molar-refractivity contribution is 0.282. The summed E-state index contributed by atoms with van der Waals surface area (Å²) in [5.41, 5.74) is 0. The Morgan fingerprint density at radius 2 is 1.12 bits per heavy atom. The van der Waals surface area contributed by atoms with Crippen LogP contribution in [0.2, 0.25) is 0 Å². The van der Waals surface area contributed by atoms with Gasteiger partial charge in [-0.05, 0) is 32.4 Å². The van der Waals surface area contributed by atoms with Gasteiger partial charge in [0.2, 0.25) is 0 Å². The molecule has 0 rings (SSSR count). The molecule has 0 spiro atoms. The smallest absolute Gasteiger partial charge is 0.0431 e. The fourth-order valence-electron chi connectivity index (χ4n) is 2.05. The summed E-state index contributed by atoms with van der Waals surface area (Å²) in [6.45, 7) is 5.02. The molecule has 0 amide bonds. The summed E-state index contributed by atoms with van der Waals surface area (Å²) in [6, 6.07) is 0. The highest BCUT2D eigenvalue weighted by Crippen LogP contribution is 2.06. The van der Waals surface area contributed by atoms with Crippen LogP contribution < -0.4 is 5.32 Å². The fraction of sp³-hybridized carbons (Fsp3) is 1.00. The Labute approximate surface area is 108 Å². The lowest BCUT2D eigenvalue weighted by Crippen LogP contribution is -2.16. The molecule has 104 valence electrons. The molecule has 0 unspecified atom stereocenters. The van der Waals surface area contributed by atoms with Gasteiger partial charge < -0.3 is 10.4 Å². The summed E-state index contributed by atoms with van der Waals surface area (Å²) < 4.78 is 0. The number of aliphatic hydroxyl groups is 1. The molecule has 0 bridgehead atoms. The van der Waals surface area contributed by atoms with E-state index in [4.69, 9.17) is 5.11 Å². The lowest BCUT2D eigenvalue weighted by Gasteiger charge is -2.04. The topological polar surface area (TPSA) is 32.3 Å². The molecule has 0 aliphatic carbocycles. The van der Waals surface area contributed by atoms with Crippen LogP contribution in [0.5, 0.6) is 0 Å². The molecular weight excluding hydrogens is 210 g/mol. The van der Waals surface area contributed by atoms with Gasteiger partial charge >= 0.3 is 0 Å². The van der Waals surface area contributed by atoms with Gasteiger partial charge in [-0.3, -0.25) is 0 Å². The third kappa shape index (κ3) is 15.9. The van der Waals surface area contributed by atoms with Crippen molar-refractivity contribution in [3.63, 3.8) is 0 Å². The van der Waals surface area contributed by atoms with Crippen LogP contribution in [0.25, 0.3) is 0 Å². The van der Waals surface area contributed by atoms with Crippen LogP contribution in [0.4, 0.5) is 0 Å². The van der Waals surface area contributed by atoms with E-state index in [1.54, 1.807) is 0 Å². The average molecular weight is 243 g/mol. The van der Waals surface area contributed by atoms with E-state index in [1.165, 1.54) is 77.3 Å². The molecular formula is C15H33NO. The van der Waals surface area contributed by atoms with E-state index in [2.05, 4.69) is 12.2 Å². The van der Waals surface area contributed by atoms with Crippen molar-refractivity contribution in [2.45, 2.75) is 77.6 Å². The van der Waals surface area contributed by atoms with Crippen LogP contribution in [0.3, 0.4) is 0 Å². The predicted molar refractivity (Wildman–Crippen MR) is 76.4 cm³/mol. The van der Waals surface area contributed by atoms with Gasteiger partial charge in [0, 0.05) is 6.61 Å². The van der Waals surface area contributed by atoms with Crippen molar-refractivity contribution in [2.75, 3.05) is 19.7 Å². The van der Waals surface area contributed by atoms with Gasteiger partial charge in [0.25, 0.3) is 0 Å². The minimum atomic E-state index is 0.363. The first kappa shape index (κ1) is 16.9. The molecule has 17 heavy (non-hydrogen) atoms. The van der Waals surface area contributed by atoms with Crippen molar-refractivity contribution < 1.29 is 5.11 Å². The molecule has 0 aromatic rings. The normalized spacial score (nSPS) is 10.9. The Morgan fingerprint density at radius 3 is 1.65 bits per heavy atom. The zero-order valence-corrected chi connectivity index (χ0v) is 11.8. The minimum Gasteiger partial charge on any atom is -0.396 e. The molecule has 0 saturated heterocycles. The number of hydrogen-bond acceptors (Lipinski definition) is 2. The minimum absolute atomic E-state index is 0.363. The van der Waals surface area contributed by atoms with Gasteiger partial charge in [-0.25, -0.2) is 0 Å². The van der Waals surface area contributed by atoms with E-state index in [1.807, 2.05) is 0 Å². The fourth-order valence-corrected chi connectivity index (χ4v) is 2.05. The second kappa shape index (κ2) is 15.9. The molecule has 0 aliphatic rings. The van der Waals surface area contributed by atoms with Gasteiger partial charge in [-0.1, -0.05) is 58.3 Å². The number of rotatable bonds is 14. The zero-order valence-electron chi connectivity index (χ0n) is 11.8. The molecule has 0 fully saturated rings. The van der Waals surface area contributed by atoms with Crippen molar-refractivity contribution in [1.29, 1.82) is 0 Å². The summed E-state index contributed by atoms with van der Waals surface area (Å²) in [5.74, 6) is 0. The van der Waals surface area contributed by atoms with Crippen LogP contribution in [0.15, 0.2) is 0 Å². The molecule has 2 heteroatoms. The van der Waals surface area contributed by atoms with Crippen molar-refractivity contribution >= 4 is 0 Å². The van der Waals surface area contributed by atoms with Crippen molar-refractivity contribution in [3.8, 4) is 0 Å². The van der Waals surface area contributed by atoms with Crippen molar-refractivity contribution in [1.82, 2.24) is 5.32 Å². The van der Waals surface area contributed by atoms with Gasteiger partial charge in [-0.15, -0.1) is 0 Å². The maximum Gasteiger partial charge on any atom is 0.0431 e. The van der Waals surface area contributed by atoms with E-state index in [9.17, 15) is 0 Å². The van der Waals surface area contributed by atoms with Crippen LogP contribution in [0.1, 0.15) is 77.6 Å². The Bertz CT molecular complexity index is 114. The molecule has 0 radical (unpaired) electrons. The van der Waals surface area contributed by atoms with Gasteiger partial charge in [0.15, 0.2) is 0 Å². The highest BCUT2D eigenvalue weighted by atomic mass is 16.2. The third-order valence-electron chi connectivity index (χ3n) is 3.22. The predicted octanol–water partition coefficient (Wildman–Crippen LogP) is 3.88. The number of aliphatic hydroxyl groups excluding tert-OH is 1. The summed E-state index contributed by atoms with van der Waals surface area (Å²) in [7, 11) is 0. The van der Waals surface area contributed by atoms with E-state index in [0.717, 1.165) is 6.42 Å². The second-order valence-corrected chi connectivity index (χ2v) is 5.01. The highest BCUT2D eigenvalue weighted by molar-refractivity contribution is 4.51. The standard InChI is InChI=1S/C15H33NO/c1-2-3-4-10-13-16-14-11-8-6-5-7-9-12-15-17/h16-17H,2-15H2,1H3. The van der Waals surface area contributed by atoms with E-state index >= 15 is 0 Å². The number of hydrogen-bond donors (Lipinski definition) is 2. The van der Waals surface area contributed by atoms with Crippen molar-refractivity contribution in [3.05, 3.63) is 0 Å². The van der Waals surface area contributed by atoms with Crippen LogP contribution in [0, 0.1) is 0 Å². The molecule has 2 N–H and O–H groups in total. The van der Waals surface area contributed by atoms with E-state index < -0.39 is 0 Å². The quantitative estimate of drug-likeness (QED) is 0.454.